The van der Waals surface area contributed by atoms with E-state index in [9.17, 15) is 4.39 Å². The van der Waals surface area contributed by atoms with E-state index in [4.69, 9.17) is 12.2 Å². The van der Waals surface area contributed by atoms with Gasteiger partial charge in [0.05, 0.1) is 28.3 Å². The van der Waals surface area contributed by atoms with E-state index < -0.39 is 0 Å². The monoisotopic (exact) mass is 279 g/mol. The van der Waals surface area contributed by atoms with Gasteiger partial charge in [-0.15, -0.1) is 11.3 Å². The topological polar surface area (TPSA) is 33.6 Å². The maximum Gasteiger partial charge on any atom is 0.178 e. The molecule has 2 heterocycles. The summed E-state index contributed by atoms with van der Waals surface area (Å²) in [5.41, 5.74) is 2.58. The molecule has 3 aromatic rings. The summed E-state index contributed by atoms with van der Waals surface area (Å²) < 4.78 is 15.6. The first kappa shape index (κ1) is 11.6. The van der Waals surface area contributed by atoms with Gasteiger partial charge in [-0.05, 0) is 37.3 Å². The lowest BCUT2D eigenvalue weighted by Crippen LogP contribution is -2.00. The van der Waals surface area contributed by atoms with Crippen LogP contribution in [0.15, 0.2) is 23.6 Å². The van der Waals surface area contributed by atoms with Crippen LogP contribution in [0.4, 0.5) is 4.39 Å². The van der Waals surface area contributed by atoms with Crippen LogP contribution in [0.25, 0.3) is 11.0 Å². The van der Waals surface area contributed by atoms with Gasteiger partial charge >= 0.3 is 0 Å². The molecule has 0 aliphatic carbocycles. The third-order valence-corrected chi connectivity index (χ3v) is 3.87. The van der Waals surface area contributed by atoms with Crippen LogP contribution in [-0.2, 0) is 6.54 Å². The Labute approximate surface area is 112 Å². The number of rotatable bonds is 2. The fourth-order valence-electron chi connectivity index (χ4n) is 1.94. The Morgan fingerprint density at radius 1 is 1.50 bits per heavy atom. The number of thiazole rings is 1. The summed E-state index contributed by atoms with van der Waals surface area (Å²) in [4.78, 5) is 7.42. The number of hydrogen-bond acceptors (Lipinski definition) is 3. The molecule has 0 bridgehead atoms. The molecule has 3 rings (SSSR count). The molecule has 0 atom stereocenters. The highest BCUT2D eigenvalue weighted by Crippen LogP contribution is 2.18. The fourth-order valence-corrected chi connectivity index (χ4v) is 2.81. The first-order valence-electron chi connectivity index (χ1n) is 5.42. The van der Waals surface area contributed by atoms with Gasteiger partial charge < -0.3 is 9.55 Å². The number of benzene rings is 1. The number of aromatic nitrogens is 3. The number of nitrogens with zero attached hydrogens (tertiary/aromatic N) is 2. The highest BCUT2D eigenvalue weighted by Gasteiger charge is 2.07. The highest BCUT2D eigenvalue weighted by atomic mass is 32.1. The Hall–Kier alpha value is -1.53. The second kappa shape index (κ2) is 4.29. The van der Waals surface area contributed by atoms with E-state index in [1.165, 1.54) is 12.1 Å². The minimum atomic E-state index is -0.268. The molecule has 0 fully saturated rings. The normalized spacial score (nSPS) is 11.2. The largest absolute Gasteiger partial charge is 0.330 e. The number of halogens is 1. The lowest BCUT2D eigenvalue weighted by molar-refractivity contribution is 0.629. The zero-order chi connectivity index (χ0) is 12.7. The molecule has 0 aliphatic heterocycles. The van der Waals surface area contributed by atoms with Crippen LogP contribution in [0.3, 0.4) is 0 Å². The van der Waals surface area contributed by atoms with E-state index in [2.05, 4.69) is 9.97 Å². The van der Waals surface area contributed by atoms with Crippen molar-refractivity contribution in [3.8, 4) is 0 Å². The van der Waals surface area contributed by atoms with Gasteiger partial charge in [-0.3, -0.25) is 0 Å². The van der Waals surface area contributed by atoms with E-state index >= 15 is 0 Å². The molecule has 0 unspecified atom stereocenters. The molecule has 0 amide bonds. The van der Waals surface area contributed by atoms with Crippen molar-refractivity contribution in [2.24, 2.45) is 0 Å². The molecular formula is C12H10FN3S2. The molecule has 6 heteroatoms. The Bertz CT molecular complexity index is 769. The van der Waals surface area contributed by atoms with Crippen LogP contribution in [0, 0.1) is 17.5 Å². The van der Waals surface area contributed by atoms with Gasteiger partial charge in [-0.2, -0.15) is 0 Å². The van der Waals surface area contributed by atoms with Gasteiger partial charge in [0.1, 0.15) is 5.82 Å². The van der Waals surface area contributed by atoms with Crippen LogP contribution in [0.5, 0.6) is 0 Å². The summed E-state index contributed by atoms with van der Waals surface area (Å²) in [6.07, 6.45) is 0. The molecule has 1 aromatic carbocycles. The van der Waals surface area contributed by atoms with Crippen molar-refractivity contribution in [3.63, 3.8) is 0 Å². The Morgan fingerprint density at radius 3 is 3.06 bits per heavy atom. The molecule has 0 saturated heterocycles. The van der Waals surface area contributed by atoms with Crippen molar-refractivity contribution in [2.75, 3.05) is 0 Å². The van der Waals surface area contributed by atoms with Crippen molar-refractivity contribution < 1.29 is 4.39 Å². The Morgan fingerprint density at radius 2 is 2.33 bits per heavy atom. The molecule has 3 nitrogen and oxygen atoms in total. The number of H-pyrrole nitrogens is 1. The molecule has 1 N–H and O–H groups in total. The summed E-state index contributed by atoms with van der Waals surface area (Å²) in [6.45, 7) is 2.58. The number of nitrogens with one attached hydrogen (secondary N) is 1. The van der Waals surface area contributed by atoms with E-state index in [0.717, 1.165) is 16.2 Å². The predicted octanol–water partition coefficient (Wildman–Crippen LogP) is 3.65. The third kappa shape index (κ3) is 1.97. The minimum absolute atomic E-state index is 0.268. The zero-order valence-electron chi connectivity index (χ0n) is 9.61. The zero-order valence-corrected chi connectivity index (χ0v) is 11.2. The van der Waals surface area contributed by atoms with E-state index in [-0.39, 0.29) is 5.82 Å². The van der Waals surface area contributed by atoms with Crippen LogP contribution >= 0.6 is 23.6 Å². The maximum atomic E-state index is 13.1. The van der Waals surface area contributed by atoms with Gasteiger partial charge in [0.2, 0.25) is 0 Å². The molecule has 92 valence electrons. The van der Waals surface area contributed by atoms with Gasteiger partial charge in [-0.25, -0.2) is 9.37 Å². The van der Waals surface area contributed by atoms with Crippen LogP contribution in [0.1, 0.15) is 10.7 Å². The minimum Gasteiger partial charge on any atom is -0.330 e. The summed E-state index contributed by atoms with van der Waals surface area (Å²) in [6, 6.07) is 4.62. The van der Waals surface area contributed by atoms with E-state index in [1.54, 1.807) is 17.4 Å². The van der Waals surface area contributed by atoms with Gasteiger partial charge in [0, 0.05) is 5.38 Å². The number of hydrogen-bond donors (Lipinski definition) is 1. The van der Waals surface area contributed by atoms with Crippen molar-refractivity contribution in [3.05, 3.63) is 44.9 Å². The SMILES string of the molecule is Cc1nc(Cn2c(=S)[nH]c3cc(F)ccc32)cs1. The lowest BCUT2D eigenvalue weighted by atomic mass is 10.3. The molecule has 2 aromatic heterocycles. The Balaban J connectivity index is 2.11. The quantitative estimate of drug-likeness (QED) is 0.726. The lowest BCUT2D eigenvalue weighted by Gasteiger charge is -2.01. The average Bonchev–Trinajstić information content (AvgIpc) is 2.84. The first-order valence-corrected chi connectivity index (χ1v) is 6.71. The Kier molecular flexibility index (Phi) is 2.76. The predicted molar refractivity (Wildman–Crippen MR) is 73.0 cm³/mol. The molecule has 18 heavy (non-hydrogen) atoms. The second-order valence-corrected chi connectivity index (χ2v) is 5.48. The first-order chi connectivity index (χ1) is 8.63. The third-order valence-electron chi connectivity index (χ3n) is 2.72. The van der Waals surface area contributed by atoms with E-state index in [1.807, 2.05) is 16.9 Å². The van der Waals surface area contributed by atoms with Gasteiger partial charge in [0.15, 0.2) is 4.77 Å². The summed E-state index contributed by atoms with van der Waals surface area (Å²) in [7, 11) is 0. The highest BCUT2D eigenvalue weighted by molar-refractivity contribution is 7.71. The van der Waals surface area contributed by atoms with Crippen molar-refractivity contribution >= 4 is 34.6 Å². The van der Waals surface area contributed by atoms with Crippen molar-refractivity contribution in [2.45, 2.75) is 13.5 Å². The van der Waals surface area contributed by atoms with Crippen LogP contribution in [0.2, 0.25) is 0 Å². The second-order valence-electron chi connectivity index (χ2n) is 4.04. The summed E-state index contributed by atoms with van der Waals surface area (Å²) in [5.74, 6) is -0.268. The average molecular weight is 279 g/mol. The molecule has 0 aliphatic rings. The summed E-state index contributed by atoms with van der Waals surface area (Å²) >= 11 is 6.87. The maximum absolute atomic E-state index is 13.1. The fraction of sp³-hybridized carbons (Fsp3) is 0.167. The smallest absolute Gasteiger partial charge is 0.178 e. The molecule has 0 spiro atoms. The number of imidazole rings is 1. The van der Waals surface area contributed by atoms with Crippen molar-refractivity contribution in [1.82, 2.24) is 14.5 Å². The molecule has 0 saturated carbocycles. The molecule has 0 radical (unpaired) electrons. The number of fused-ring (bicyclic) bond motifs is 1. The van der Waals surface area contributed by atoms with Crippen LogP contribution in [-0.4, -0.2) is 14.5 Å². The summed E-state index contributed by atoms with van der Waals surface area (Å²) in [5, 5.41) is 3.04. The number of aryl methyl sites for hydroxylation is 1. The van der Waals surface area contributed by atoms with E-state index in [0.29, 0.717) is 16.8 Å². The van der Waals surface area contributed by atoms with Crippen molar-refractivity contribution in [1.29, 1.82) is 0 Å². The standard InChI is InChI=1S/C12H10FN3S2/c1-7-14-9(6-18-7)5-16-11-3-2-8(13)4-10(11)15-12(16)17/h2-4,6H,5H2,1H3,(H,15,17). The number of aromatic amines is 1. The van der Waals surface area contributed by atoms with Gasteiger partial charge in [-0.1, -0.05) is 0 Å². The van der Waals surface area contributed by atoms with Gasteiger partial charge in [0.25, 0.3) is 0 Å². The van der Waals surface area contributed by atoms with Crippen LogP contribution < -0.4 is 0 Å². The molecular weight excluding hydrogens is 269 g/mol.